The highest BCUT2D eigenvalue weighted by molar-refractivity contribution is 7.88. The number of carbonyl (C=O) groups excluding carboxylic acids is 1. The van der Waals surface area contributed by atoms with Gasteiger partial charge in [-0.3, -0.25) is 4.79 Å². The van der Waals surface area contributed by atoms with Crippen molar-refractivity contribution >= 4 is 15.8 Å². The fraction of sp³-hybridized carbons (Fsp3) is 0.533. The van der Waals surface area contributed by atoms with Crippen molar-refractivity contribution in [3.05, 3.63) is 35.1 Å². The number of Topliss-reactive ketones (excluding diaryl/α,β-unsaturated/α-hetero) is 1. The Balaban J connectivity index is 2.08. The lowest BCUT2D eigenvalue weighted by Crippen LogP contribution is -2.39. The van der Waals surface area contributed by atoms with E-state index >= 15 is 0 Å². The summed E-state index contributed by atoms with van der Waals surface area (Å²) in [4.78, 5) is 12.2. The zero-order chi connectivity index (χ0) is 15.6. The lowest BCUT2D eigenvalue weighted by molar-refractivity contribution is 0.0938. The van der Waals surface area contributed by atoms with Crippen LogP contribution in [0.3, 0.4) is 0 Å². The summed E-state index contributed by atoms with van der Waals surface area (Å²) in [5, 5.41) is 0. The smallest absolute Gasteiger partial charge is 0.211 e. The largest absolute Gasteiger partial charge is 0.294 e. The minimum atomic E-state index is -3.23. The van der Waals surface area contributed by atoms with E-state index in [0.29, 0.717) is 18.7 Å². The van der Waals surface area contributed by atoms with Crippen LogP contribution in [0.5, 0.6) is 0 Å². The Morgan fingerprint density at radius 1 is 1.43 bits per heavy atom. The van der Waals surface area contributed by atoms with E-state index < -0.39 is 15.8 Å². The van der Waals surface area contributed by atoms with Gasteiger partial charge in [0.05, 0.1) is 11.8 Å². The van der Waals surface area contributed by atoms with Crippen LogP contribution < -0.4 is 0 Å². The minimum absolute atomic E-state index is 0.0408. The predicted octanol–water partition coefficient (Wildman–Crippen LogP) is 2.38. The summed E-state index contributed by atoms with van der Waals surface area (Å²) >= 11 is 0. The van der Waals surface area contributed by atoms with Crippen LogP contribution in [-0.2, 0) is 10.0 Å². The molecular weight excluding hydrogens is 293 g/mol. The molecule has 0 spiro atoms. The predicted molar refractivity (Wildman–Crippen MR) is 79.2 cm³/mol. The second-order valence-corrected chi connectivity index (χ2v) is 7.68. The van der Waals surface area contributed by atoms with Gasteiger partial charge in [0, 0.05) is 19.5 Å². The van der Waals surface area contributed by atoms with E-state index in [1.165, 1.54) is 16.6 Å². The zero-order valence-electron chi connectivity index (χ0n) is 12.3. The van der Waals surface area contributed by atoms with Crippen molar-refractivity contribution in [1.29, 1.82) is 0 Å². The Bertz CT molecular complexity index is 642. The van der Waals surface area contributed by atoms with Gasteiger partial charge in [0.2, 0.25) is 10.0 Å². The first-order valence-corrected chi connectivity index (χ1v) is 8.87. The minimum Gasteiger partial charge on any atom is -0.294 e. The molecule has 1 aliphatic heterocycles. The number of aryl methyl sites for hydroxylation is 1. The molecule has 1 aliphatic rings. The van der Waals surface area contributed by atoms with Gasteiger partial charge in [0.25, 0.3) is 0 Å². The lowest BCUT2D eigenvalue weighted by atomic mass is 9.91. The summed E-state index contributed by atoms with van der Waals surface area (Å²) in [5.41, 5.74) is 0.550. The average Bonchev–Trinajstić information content (AvgIpc) is 2.41. The normalized spacial score (nSPS) is 20.4. The number of sulfonamides is 1. The maximum Gasteiger partial charge on any atom is 0.211 e. The number of ketones is 1. The fourth-order valence-electron chi connectivity index (χ4n) is 2.73. The summed E-state index contributed by atoms with van der Waals surface area (Å²) in [6.07, 6.45) is 2.90. The Morgan fingerprint density at radius 3 is 2.81 bits per heavy atom. The Morgan fingerprint density at radius 2 is 2.14 bits per heavy atom. The van der Waals surface area contributed by atoms with Crippen molar-refractivity contribution in [2.24, 2.45) is 5.92 Å². The number of hydrogen-bond acceptors (Lipinski definition) is 3. The summed E-state index contributed by atoms with van der Waals surface area (Å²) < 4.78 is 38.5. The van der Waals surface area contributed by atoms with Gasteiger partial charge in [-0.2, -0.15) is 0 Å². The molecule has 0 aliphatic carbocycles. The molecule has 0 amide bonds. The van der Waals surface area contributed by atoms with Gasteiger partial charge in [-0.1, -0.05) is 12.1 Å². The summed E-state index contributed by atoms with van der Waals surface area (Å²) in [6, 6.07) is 4.77. The molecule has 6 heteroatoms. The van der Waals surface area contributed by atoms with Gasteiger partial charge in [0.15, 0.2) is 5.78 Å². The molecule has 2 rings (SSSR count). The van der Waals surface area contributed by atoms with Crippen LogP contribution in [0.4, 0.5) is 4.39 Å². The van der Waals surface area contributed by atoms with Gasteiger partial charge < -0.3 is 0 Å². The van der Waals surface area contributed by atoms with Crippen molar-refractivity contribution in [3.63, 3.8) is 0 Å². The average molecular weight is 313 g/mol. The van der Waals surface area contributed by atoms with E-state index in [1.807, 2.05) is 0 Å². The third kappa shape index (κ3) is 3.89. The number of carbonyl (C=O) groups is 1. The molecule has 21 heavy (non-hydrogen) atoms. The second kappa shape index (κ2) is 6.23. The van der Waals surface area contributed by atoms with Crippen LogP contribution in [0.15, 0.2) is 18.2 Å². The monoisotopic (exact) mass is 313 g/mol. The number of nitrogens with zero attached hydrogens (tertiary/aromatic N) is 1. The SMILES string of the molecule is Cc1cccc(C(=O)CC2CCCN(S(C)(=O)=O)C2)c1F. The topological polar surface area (TPSA) is 54.5 Å². The van der Waals surface area contributed by atoms with Gasteiger partial charge in [0.1, 0.15) is 5.82 Å². The van der Waals surface area contributed by atoms with E-state index in [0.717, 1.165) is 12.8 Å². The second-order valence-electron chi connectivity index (χ2n) is 5.69. The zero-order valence-corrected chi connectivity index (χ0v) is 13.1. The van der Waals surface area contributed by atoms with Crippen LogP contribution >= 0.6 is 0 Å². The highest BCUT2D eigenvalue weighted by Gasteiger charge is 2.28. The highest BCUT2D eigenvalue weighted by atomic mass is 32.2. The van der Waals surface area contributed by atoms with E-state index in [4.69, 9.17) is 0 Å². The van der Waals surface area contributed by atoms with Crippen LogP contribution in [0.25, 0.3) is 0 Å². The summed E-state index contributed by atoms with van der Waals surface area (Å²) in [7, 11) is -3.23. The number of halogens is 1. The van der Waals surface area contributed by atoms with Crippen molar-refractivity contribution < 1.29 is 17.6 Å². The third-order valence-electron chi connectivity index (χ3n) is 3.92. The van der Waals surface area contributed by atoms with Crippen molar-refractivity contribution in [2.45, 2.75) is 26.2 Å². The molecule has 0 radical (unpaired) electrons. The summed E-state index contributed by atoms with van der Waals surface area (Å²) in [6.45, 7) is 2.47. The first kappa shape index (κ1) is 16.1. The Labute approximate surface area is 125 Å². The highest BCUT2D eigenvalue weighted by Crippen LogP contribution is 2.24. The molecule has 0 N–H and O–H groups in total. The summed E-state index contributed by atoms with van der Waals surface area (Å²) in [5.74, 6) is -0.768. The molecule has 4 nitrogen and oxygen atoms in total. The molecule has 1 atom stereocenters. The van der Waals surface area contributed by atoms with Gasteiger partial charge in [-0.25, -0.2) is 17.1 Å². The molecule has 0 saturated carbocycles. The van der Waals surface area contributed by atoms with Crippen molar-refractivity contribution in [3.8, 4) is 0 Å². The molecule has 1 saturated heterocycles. The maximum absolute atomic E-state index is 13.9. The number of hydrogen-bond donors (Lipinski definition) is 0. The Hall–Kier alpha value is -1.27. The van der Waals surface area contributed by atoms with Crippen LogP contribution in [-0.4, -0.2) is 37.9 Å². The molecule has 1 aromatic rings. The van der Waals surface area contributed by atoms with Gasteiger partial charge >= 0.3 is 0 Å². The number of rotatable bonds is 4. The Kier molecular flexibility index (Phi) is 4.78. The molecule has 1 aromatic carbocycles. The van der Waals surface area contributed by atoms with Crippen molar-refractivity contribution in [2.75, 3.05) is 19.3 Å². The molecule has 0 aromatic heterocycles. The molecular formula is C15H20FNO3S. The van der Waals surface area contributed by atoms with Crippen LogP contribution in [0.1, 0.15) is 35.2 Å². The molecule has 116 valence electrons. The first-order chi connectivity index (χ1) is 9.79. The van der Waals surface area contributed by atoms with Gasteiger partial charge in [-0.05, 0) is 37.3 Å². The molecule has 1 fully saturated rings. The van der Waals surface area contributed by atoms with E-state index in [1.54, 1.807) is 19.1 Å². The maximum atomic E-state index is 13.9. The standard InChI is InChI=1S/C15H20FNO3S/c1-11-5-3-7-13(15(11)16)14(18)9-12-6-4-8-17(10-12)21(2,19)20/h3,5,7,12H,4,6,8-10H2,1-2H3. The van der Waals surface area contributed by atoms with Crippen LogP contribution in [0.2, 0.25) is 0 Å². The van der Waals surface area contributed by atoms with Crippen LogP contribution in [0, 0.1) is 18.7 Å². The number of piperidine rings is 1. The number of benzene rings is 1. The molecule has 1 unspecified atom stereocenters. The lowest BCUT2D eigenvalue weighted by Gasteiger charge is -2.30. The third-order valence-corrected chi connectivity index (χ3v) is 5.19. The van der Waals surface area contributed by atoms with E-state index in [9.17, 15) is 17.6 Å². The molecule has 1 heterocycles. The molecule has 0 bridgehead atoms. The first-order valence-electron chi connectivity index (χ1n) is 7.02. The van der Waals surface area contributed by atoms with Gasteiger partial charge in [-0.15, -0.1) is 0 Å². The fourth-order valence-corrected chi connectivity index (χ4v) is 3.67. The van der Waals surface area contributed by atoms with Crippen molar-refractivity contribution in [1.82, 2.24) is 4.31 Å². The quantitative estimate of drug-likeness (QED) is 0.802. The van der Waals surface area contributed by atoms with E-state index in [-0.39, 0.29) is 23.7 Å². The van der Waals surface area contributed by atoms with E-state index in [2.05, 4.69) is 0 Å².